The summed E-state index contributed by atoms with van der Waals surface area (Å²) < 4.78 is 0. The number of anilines is 1. The summed E-state index contributed by atoms with van der Waals surface area (Å²) in [5, 5.41) is 0. The van der Waals surface area contributed by atoms with Gasteiger partial charge in [-0.25, -0.2) is 4.98 Å². The van der Waals surface area contributed by atoms with Crippen molar-refractivity contribution >= 4 is 11.9 Å². The number of aromatic nitrogens is 3. The molecule has 0 unspecified atom stereocenters. The molecular formula is C8H12N4O. The van der Waals surface area contributed by atoms with Gasteiger partial charge in [0.1, 0.15) is 11.6 Å². The largest absolute Gasteiger partial charge is 0.284 e. The monoisotopic (exact) mass is 180 g/mol. The summed E-state index contributed by atoms with van der Waals surface area (Å²) in [6, 6.07) is 0. The van der Waals surface area contributed by atoms with Crippen molar-refractivity contribution in [3.8, 4) is 0 Å². The lowest BCUT2D eigenvalue weighted by atomic mass is 10.5. The molecule has 70 valence electrons. The summed E-state index contributed by atoms with van der Waals surface area (Å²) in [7, 11) is 1.64. The molecule has 1 aromatic heterocycles. The van der Waals surface area contributed by atoms with E-state index in [1.165, 1.54) is 11.8 Å². The van der Waals surface area contributed by atoms with E-state index in [4.69, 9.17) is 0 Å². The molecule has 0 radical (unpaired) electrons. The summed E-state index contributed by atoms with van der Waals surface area (Å²) in [5.74, 6) is 1.55. The normalized spacial score (nSPS) is 9.85. The van der Waals surface area contributed by atoms with Gasteiger partial charge in [0.05, 0.1) is 0 Å². The second-order valence-corrected chi connectivity index (χ2v) is 2.81. The van der Waals surface area contributed by atoms with Gasteiger partial charge in [-0.1, -0.05) is 0 Å². The third kappa shape index (κ3) is 2.21. The Morgan fingerprint density at radius 3 is 2.00 bits per heavy atom. The summed E-state index contributed by atoms with van der Waals surface area (Å²) in [5.41, 5.74) is 0. The molecule has 0 aliphatic rings. The zero-order valence-electron chi connectivity index (χ0n) is 8.20. The van der Waals surface area contributed by atoms with Crippen molar-refractivity contribution < 1.29 is 4.79 Å². The average molecular weight is 180 g/mol. The Labute approximate surface area is 76.8 Å². The molecule has 1 heterocycles. The Balaban J connectivity index is 3.07. The van der Waals surface area contributed by atoms with E-state index in [1.807, 2.05) is 0 Å². The van der Waals surface area contributed by atoms with Crippen molar-refractivity contribution in [3.05, 3.63) is 11.6 Å². The topological polar surface area (TPSA) is 59.0 Å². The van der Waals surface area contributed by atoms with Crippen LogP contribution in [0.5, 0.6) is 0 Å². The minimum Gasteiger partial charge on any atom is -0.284 e. The first-order valence-electron chi connectivity index (χ1n) is 3.94. The maximum Gasteiger partial charge on any atom is 0.235 e. The van der Waals surface area contributed by atoms with Crippen molar-refractivity contribution in [1.82, 2.24) is 15.0 Å². The lowest BCUT2D eigenvalue weighted by molar-refractivity contribution is -0.116. The van der Waals surface area contributed by atoms with E-state index in [0.29, 0.717) is 17.6 Å². The van der Waals surface area contributed by atoms with Crippen LogP contribution in [0.4, 0.5) is 5.95 Å². The second-order valence-electron chi connectivity index (χ2n) is 2.81. The highest BCUT2D eigenvalue weighted by Gasteiger charge is 2.09. The third-order valence-corrected chi connectivity index (χ3v) is 1.62. The van der Waals surface area contributed by atoms with Gasteiger partial charge >= 0.3 is 0 Å². The van der Waals surface area contributed by atoms with Crippen LogP contribution in [0.15, 0.2) is 0 Å². The Hall–Kier alpha value is -1.52. The van der Waals surface area contributed by atoms with Gasteiger partial charge < -0.3 is 0 Å². The Kier molecular flexibility index (Phi) is 2.55. The van der Waals surface area contributed by atoms with E-state index >= 15 is 0 Å². The lowest BCUT2D eigenvalue weighted by Gasteiger charge is -2.12. The molecular weight excluding hydrogens is 168 g/mol. The fourth-order valence-corrected chi connectivity index (χ4v) is 0.889. The molecule has 1 amide bonds. The first-order valence-corrected chi connectivity index (χ1v) is 3.94. The van der Waals surface area contributed by atoms with Crippen LogP contribution in [0.1, 0.15) is 18.6 Å². The highest BCUT2D eigenvalue weighted by atomic mass is 16.2. The smallest absolute Gasteiger partial charge is 0.235 e. The maximum absolute atomic E-state index is 11.0. The molecule has 5 nitrogen and oxygen atoms in total. The van der Waals surface area contributed by atoms with Crippen LogP contribution in [-0.2, 0) is 4.79 Å². The Bertz CT molecular complexity index is 317. The molecule has 0 aromatic carbocycles. The number of amides is 1. The molecule has 5 heteroatoms. The molecule has 0 N–H and O–H groups in total. The Morgan fingerprint density at radius 1 is 1.15 bits per heavy atom. The first kappa shape index (κ1) is 9.57. The number of hydrogen-bond acceptors (Lipinski definition) is 4. The summed E-state index contributed by atoms with van der Waals surface area (Å²) >= 11 is 0. The van der Waals surface area contributed by atoms with Crippen LogP contribution in [0.2, 0.25) is 0 Å². The number of carbonyl (C=O) groups is 1. The number of nitrogens with zero attached hydrogens (tertiary/aromatic N) is 4. The van der Waals surface area contributed by atoms with Gasteiger partial charge in [0.25, 0.3) is 0 Å². The van der Waals surface area contributed by atoms with Gasteiger partial charge in [0.15, 0.2) is 0 Å². The molecule has 0 bridgehead atoms. The van der Waals surface area contributed by atoms with E-state index in [-0.39, 0.29) is 5.91 Å². The fraction of sp³-hybridized carbons (Fsp3) is 0.500. The van der Waals surface area contributed by atoms with E-state index in [9.17, 15) is 4.79 Å². The van der Waals surface area contributed by atoms with Crippen LogP contribution in [0, 0.1) is 13.8 Å². The minimum atomic E-state index is -0.0926. The fourth-order valence-electron chi connectivity index (χ4n) is 0.889. The number of rotatable bonds is 1. The zero-order chi connectivity index (χ0) is 10.0. The highest BCUT2D eigenvalue weighted by Crippen LogP contribution is 2.04. The molecule has 0 atom stereocenters. The molecule has 1 rings (SSSR count). The maximum atomic E-state index is 11.0. The van der Waals surface area contributed by atoms with E-state index in [2.05, 4.69) is 15.0 Å². The van der Waals surface area contributed by atoms with Gasteiger partial charge in [0, 0.05) is 14.0 Å². The van der Waals surface area contributed by atoms with Gasteiger partial charge in [-0.05, 0) is 13.8 Å². The predicted molar refractivity (Wildman–Crippen MR) is 48.4 cm³/mol. The van der Waals surface area contributed by atoms with Gasteiger partial charge in [0.2, 0.25) is 11.9 Å². The van der Waals surface area contributed by atoms with Crippen molar-refractivity contribution in [3.63, 3.8) is 0 Å². The molecule has 0 saturated carbocycles. The van der Waals surface area contributed by atoms with Crippen LogP contribution in [-0.4, -0.2) is 27.9 Å². The third-order valence-electron chi connectivity index (χ3n) is 1.62. The zero-order valence-corrected chi connectivity index (χ0v) is 8.20. The predicted octanol–water partition coefficient (Wildman–Crippen LogP) is 0.471. The number of carbonyl (C=O) groups excluding carboxylic acids is 1. The molecule has 13 heavy (non-hydrogen) atoms. The molecule has 0 fully saturated rings. The van der Waals surface area contributed by atoms with Gasteiger partial charge in [-0.15, -0.1) is 0 Å². The quantitative estimate of drug-likeness (QED) is 0.630. The summed E-state index contributed by atoms with van der Waals surface area (Å²) in [6.07, 6.45) is 0. The van der Waals surface area contributed by atoms with Crippen LogP contribution >= 0.6 is 0 Å². The van der Waals surface area contributed by atoms with Crippen LogP contribution in [0.25, 0.3) is 0 Å². The van der Waals surface area contributed by atoms with E-state index in [0.717, 1.165) is 0 Å². The van der Waals surface area contributed by atoms with Crippen molar-refractivity contribution in [2.75, 3.05) is 11.9 Å². The number of hydrogen-bond donors (Lipinski definition) is 0. The minimum absolute atomic E-state index is 0.0926. The summed E-state index contributed by atoms with van der Waals surface area (Å²) in [4.78, 5) is 24.5. The lowest BCUT2D eigenvalue weighted by Crippen LogP contribution is -2.25. The SMILES string of the molecule is CC(=O)N(C)c1nc(C)nc(C)n1. The summed E-state index contributed by atoms with van der Waals surface area (Å²) in [6.45, 7) is 5.01. The van der Waals surface area contributed by atoms with Gasteiger partial charge in [-0.2, -0.15) is 9.97 Å². The molecule has 0 spiro atoms. The molecule has 0 saturated heterocycles. The van der Waals surface area contributed by atoms with E-state index < -0.39 is 0 Å². The van der Waals surface area contributed by atoms with Crippen molar-refractivity contribution in [2.24, 2.45) is 0 Å². The van der Waals surface area contributed by atoms with Gasteiger partial charge in [-0.3, -0.25) is 9.69 Å². The standard InChI is InChI=1S/C8H12N4O/c1-5-9-6(2)11-8(10-5)12(4)7(3)13/h1-4H3. The van der Waals surface area contributed by atoms with Crippen molar-refractivity contribution in [1.29, 1.82) is 0 Å². The van der Waals surface area contributed by atoms with E-state index in [1.54, 1.807) is 20.9 Å². The first-order chi connectivity index (χ1) is 6.00. The van der Waals surface area contributed by atoms with Crippen molar-refractivity contribution in [2.45, 2.75) is 20.8 Å². The number of aryl methyl sites for hydroxylation is 2. The van der Waals surface area contributed by atoms with Crippen LogP contribution < -0.4 is 4.90 Å². The molecule has 0 aliphatic carbocycles. The molecule has 1 aromatic rings. The Morgan fingerprint density at radius 2 is 1.62 bits per heavy atom. The highest BCUT2D eigenvalue weighted by molar-refractivity contribution is 5.88. The van der Waals surface area contributed by atoms with Crippen LogP contribution in [0.3, 0.4) is 0 Å². The average Bonchev–Trinajstić information content (AvgIpc) is 2.01. The second kappa shape index (κ2) is 3.47. The molecule has 0 aliphatic heterocycles.